The van der Waals surface area contributed by atoms with Crippen LogP contribution < -0.4 is 25.8 Å². The molecule has 1 aliphatic heterocycles. The normalized spacial score (nSPS) is 16.4. The van der Waals surface area contributed by atoms with Gasteiger partial charge in [0.1, 0.15) is 11.3 Å². The number of hydrogen-bond donors (Lipinski definition) is 2. The van der Waals surface area contributed by atoms with E-state index in [1.165, 1.54) is 14.2 Å². The first kappa shape index (κ1) is 27.2. The average Bonchev–Trinajstić information content (AvgIpc) is 2.84. The van der Waals surface area contributed by atoms with Gasteiger partial charge in [-0.2, -0.15) is 4.98 Å². The molecule has 0 aliphatic carbocycles. The van der Waals surface area contributed by atoms with E-state index in [9.17, 15) is 4.79 Å². The van der Waals surface area contributed by atoms with Crippen LogP contribution in [0.1, 0.15) is 18.9 Å². The first-order valence-electron chi connectivity index (χ1n) is 11.5. The number of ether oxygens (including phenoxy) is 2. The predicted octanol–water partition coefficient (Wildman–Crippen LogP) is 2.79. The van der Waals surface area contributed by atoms with Crippen molar-refractivity contribution in [3.05, 3.63) is 47.8 Å². The quantitative estimate of drug-likeness (QED) is 0.490. The Morgan fingerprint density at radius 2 is 1.92 bits per heavy atom. The van der Waals surface area contributed by atoms with Gasteiger partial charge in [0.05, 0.1) is 14.2 Å². The van der Waals surface area contributed by atoms with Gasteiger partial charge in [-0.3, -0.25) is 4.79 Å². The predicted molar refractivity (Wildman–Crippen MR) is 140 cm³/mol. The Kier molecular flexibility index (Phi) is 8.75. The number of methoxy groups -OCH3 is 2. The van der Waals surface area contributed by atoms with Gasteiger partial charge < -0.3 is 30.7 Å². The van der Waals surface area contributed by atoms with E-state index in [1.807, 2.05) is 47.1 Å². The van der Waals surface area contributed by atoms with E-state index in [-0.39, 0.29) is 59.7 Å². The number of fused-ring (bicyclic) bond motifs is 1. The lowest BCUT2D eigenvalue weighted by atomic mass is 10.0. The van der Waals surface area contributed by atoms with Crippen LogP contribution in [-0.2, 0) is 11.2 Å². The molecule has 0 bridgehead atoms. The van der Waals surface area contributed by atoms with Crippen molar-refractivity contribution in [2.75, 3.05) is 44.5 Å². The zero-order valence-corrected chi connectivity index (χ0v) is 21.4. The summed E-state index contributed by atoms with van der Waals surface area (Å²) in [5.74, 6) is -0.0253. The van der Waals surface area contributed by atoms with Crippen molar-refractivity contribution >= 4 is 41.0 Å². The lowest BCUT2D eigenvalue weighted by Crippen LogP contribution is -2.55. The molecule has 0 spiro atoms. The first-order valence-corrected chi connectivity index (χ1v) is 11.5. The smallest absolute Gasteiger partial charge is 0.228 e. The number of nitrogens with zero attached hydrogens (tertiary/aromatic N) is 4. The summed E-state index contributed by atoms with van der Waals surface area (Å²) in [5, 5.41) is 0.345. The van der Waals surface area contributed by atoms with Crippen LogP contribution in [0.4, 0.5) is 16.2 Å². The molecule has 2 heterocycles. The summed E-state index contributed by atoms with van der Waals surface area (Å²) in [6, 6.07) is 11.1. The third-order valence-corrected chi connectivity index (χ3v) is 6.31. The Hall–Kier alpha value is -3.37. The number of rotatable bonds is 7. The molecule has 36 heavy (non-hydrogen) atoms. The van der Waals surface area contributed by atoms with E-state index in [0.29, 0.717) is 37.4 Å². The molecule has 2 atom stereocenters. The minimum Gasteiger partial charge on any atom is -0.493 e. The Morgan fingerprint density at radius 1 is 1.19 bits per heavy atom. The second-order valence-corrected chi connectivity index (χ2v) is 8.77. The fraction of sp³-hybridized carbons (Fsp3) is 0.400. The van der Waals surface area contributed by atoms with E-state index < -0.39 is 5.82 Å². The standard InChI is InChI=1S/C25H31FN6O3.ClH/c1-15-14-31(20(33)12-17(27)11-16-7-5-4-6-8-16)9-10-32(15)25-29-22-18(24(28)30-25)13-19(34-2)23(35-3)21(22)26;/h4-8,13,15,17H,9-12,14,27H2,1-3H3,(H2,28,29,30);1H. The van der Waals surface area contributed by atoms with Crippen molar-refractivity contribution in [1.29, 1.82) is 0 Å². The maximum Gasteiger partial charge on any atom is 0.228 e. The highest BCUT2D eigenvalue weighted by Gasteiger charge is 2.30. The third kappa shape index (κ3) is 5.55. The van der Waals surface area contributed by atoms with Crippen molar-refractivity contribution < 1.29 is 18.7 Å². The van der Waals surface area contributed by atoms with Crippen LogP contribution in [0.2, 0.25) is 0 Å². The molecular weight excluding hydrogens is 487 g/mol. The zero-order chi connectivity index (χ0) is 25.1. The Morgan fingerprint density at radius 3 is 2.56 bits per heavy atom. The minimum absolute atomic E-state index is 0. The van der Waals surface area contributed by atoms with Crippen molar-refractivity contribution in [3.63, 3.8) is 0 Å². The summed E-state index contributed by atoms with van der Waals surface area (Å²) in [4.78, 5) is 25.5. The fourth-order valence-electron chi connectivity index (χ4n) is 4.49. The van der Waals surface area contributed by atoms with Gasteiger partial charge >= 0.3 is 0 Å². The summed E-state index contributed by atoms with van der Waals surface area (Å²) < 4.78 is 25.5. The van der Waals surface area contributed by atoms with Crippen molar-refractivity contribution in [2.24, 2.45) is 5.73 Å². The van der Waals surface area contributed by atoms with Crippen LogP contribution in [0.3, 0.4) is 0 Å². The number of carbonyl (C=O) groups is 1. The molecule has 4 rings (SSSR count). The molecule has 11 heteroatoms. The fourth-order valence-corrected chi connectivity index (χ4v) is 4.49. The lowest BCUT2D eigenvalue weighted by molar-refractivity contribution is -0.132. The van der Waals surface area contributed by atoms with E-state index in [2.05, 4.69) is 9.97 Å². The molecule has 0 radical (unpaired) electrons. The van der Waals surface area contributed by atoms with Gasteiger partial charge in [-0.25, -0.2) is 9.37 Å². The number of nitrogen functional groups attached to an aromatic ring is 1. The van der Waals surface area contributed by atoms with Crippen LogP contribution in [0.15, 0.2) is 36.4 Å². The highest BCUT2D eigenvalue weighted by molar-refractivity contribution is 5.92. The number of piperazine rings is 1. The molecule has 2 aromatic carbocycles. The maximum absolute atomic E-state index is 15.2. The van der Waals surface area contributed by atoms with E-state index in [0.717, 1.165) is 5.56 Å². The number of halogens is 2. The average molecular weight is 519 g/mol. The highest BCUT2D eigenvalue weighted by Crippen LogP contribution is 2.37. The summed E-state index contributed by atoms with van der Waals surface area (Å²) in [5.41, 5.74) is 13.6. The van der Waals surface area contributed by atoms with E-state index >= 15 is 4.39 Å². The van der Waals surface area contributed by atoms with Crippen molar-refractivity contribution in [3.8, 4) is 11.5 Å². The van der Waals surface area contributed by atoms with Gasteiger partial charge in [-0.15, -0.1) is 12.4 Å². The number of aromatic nitrogens is 2. The highest BCUT2D eigenvalue weighted by atomic mass is 35.5. The molecule has 1 aliphatic rings. The number of carbonyl (C=O) groups excluding carboxylic acids is 1. The molecule has 194 valence electrons. The summed E-state index contributed by atoms with van der Waals surface area (Å²) in [6.45, 7) is 3.42. The molecule has 2 unspecified atom stereocenters. The van der Waals surface area contributed by atoms with Crippen molar-refractivity contribution in [2.45, 2.75) is 31.8 Å². The molecular formula is C25H32ClFN6O3. The van der Waals surface area contributed by atoms with E-state index in [1.54, 1.807) is 6.07 Å². The molecule has 9 nitrogen and oxygen atoms in total. The molecule has 1 amide bonds. The first-order chi connectivity index (χ1) is 16.8. The lowest BCUT2D eigenvalue weighted by Gasteiger charge is -2.40. The van der Waals surface area contributed by atoms with Crippen LogP contribution in [0, 0.1) is 5.82 Å². The minimum atomic E-state index is -0.661. The van der Waals surface area contributed by atoms with Crippen LogP contribution in [0.25, 0.3) is 10.9 Å². The van der Waals surface area contributed by atoms with E-state index in [4.69, 9.17) is 20.9 Å². The second kappa shape index (κ2) is 11.6. The van der Waals surface area contributed by atoms with Gasteiger partial charge in [0.25, 0.3) is 0 Å². The third-order valence-electron chi connectivity index (χ3n) is 6.31. The molecule has 3 aromatic rings. The Labute approximate surface area is 216 Å². The summed E-state index contributed by atoms with van der Waals surface area (Å²) in [7, 11) is 2.79. The van der Waals surface area contributed by atoms with Gasteiger partial charge in [-0.05, 0) is 25.0 Å². The zero-order valence-electron chi connectivity index (χ0n) is 20.6. The number of nitrogens with two attached hydrogens (primary N) is 2. The molecule has 4 N–H and O–H groups in total. The monoisotopic (exact) mass is 518 g/mol. The topological polar surface area (TPSA) is 120 Å². The van der Waals surface area contributed by atoms with Gasteiger partial charge in [0, 0.05) is 43.5 Å². The van der Waals surface area contributed by atoms with Gasteiger partial charge in [0.2, 0.25) is 11.9 Å². The van der Waals surface area contributed by atoms with Crippen LogP contribution in [-0.4, -0.2) is 66.7 Å². The number of hydrogen-bond acceptors (Lipinski definition) is 8. The Balaban J connectivity index is 0.00000361. The molecule has 1 saturated heterocycles. The molecule has 1 aromatic heterocycles. The van der Waals surface area contributed by atoms with Crippen LogP contribution >= 0.6 is 12.4 Å². The van der Waals surface area contributed by atoms with Crippen LogP contribution in [0.5, 0.6) is 11.5 Å². The summed E-state index contributed by atoms with van der Waals surface area (Å²) in [6.07, 6.45) is 0.917. The number of amides is 1. The molecule has 1 fully saturated rings. The largest absolute Gasteiger partial charge is 0.493 e. The second-order valence-electron chi connectivity index (χ2n) is 8.77. The van der Waals surface area contributed by atoms with Gasteiger partial charge in [-0.1, -0.05) is 30.3 Å². The summed E-state index contributed by atoms with van der Waals surface area (Å²) >= 11 is 0. The SMILES string of the molecule is COc1cc2c(N)nc(N3CCN(C(=O)CC(N)Cc4ccccc4)CC3C)nc2c(F)c1OC.Cl. The van der Waals surface area contributed by atoms with Gasteiger partial charge in [0.15, 0.2) is 17.3 Å². The molecule has 0 saturated carbocycles. The number of anilines is 2. The maximum atomic E-state index is 15.2. The van der Waals surface area contributed by atoms with Crippen molar-refractivity contribution in [1.82, 2.24) is 14.9 Å². The Bertz CT molecular complexity index is 1220. The number of benzene rings is 2.